The lowest BCUT2D eigenvalue weighted by atomic mass is 10.0. The number of methoxy groups -OCH3 is 2. The maximum atomic E-state index is 6.29. The van der Waals surface area contributed by atoms with Gasteiger partial charge >= 0.3 is 0 Å². The summed E-state index contributed by atoms with van der Waals surface area (Å²) >= 11 is 0. The monoisotopic (exact) mass is 370 g/mol. The van der Waals surface area contributed by atoms with Crippen molar-refractivity contribution in [3.8, 4) is 0 Å². The highest BCUT2D eigenvalue weighted by molar-refractivity contribution is 4.99. The molecule has 2 aliphatic rings. The van der Waals surface area contributed by atoms with Gasteiger partial charge in [0.15, 0.2) is 0 Å². The Hall–Kier alpha value is -0.760. The summed E-state index contributed by atoms with van der Waals surface area (Å²) in [5.74, 6) is 0. The van der Waals surface area contributed by atoms with Crippen LogP contribution in [0.3, 0.4) is 0 Å². The fourth-order valence-corrected chi connectivity index (χ4v) is 3.65. The number of rotatable bonds is 11. The minimum absolute atomic E-state index is 0.0464. The van der Waals surface area contributed by atoms with Crippen molar-refractivity contribution in [2.75, 3.05) is 27.8 Å². The predicted molar refractivity (Wildman–Crippen MR) is 98.9 cm³/mol. The lowest BCUT2D eigenvalue weighted by Gasteiger charge is -2.25. The molecule has 2 aliphatic heterocycles. The summed E-state index contributed by atoms with van der Waals surface area (Å²) < 4.78 is 34.1. The number of hydrogen-bond acceptors (Lipinski definition) is 6. The molecule has 0 saturated carbocycles. The van der Waals surface area contributed by atoms with E-state index in [2.05, 4.69) is 0 Å². The van der Waals surface area contributed by atoms with E-state index < -0.39 is 0 Å². The third-order valence-electron chi connectivity index (χ3n) is 4.84. The molecule has 0 spiro atoms. The minimum Gasteiger partial charge on any atom is -0.369 e. The molecule has 6 nitrogen and oxygen atoms in total. The van der Waals surface area contributed by atoms with E-state index in [1.165, 1.54) is 0 Å². The Bertz CT molecular complexity index is 398. The molecular weight excluding hydrogens is 336 g/mol. The Labute approximate surface area is 157 Å². The van der Waals surface area contributed by atoms with Gasteiger partial charge in [-0.15, -0.1) is 0 Å². The van der Waals surface area contributed by atoms with Crippen molar-refractivity contribution in [2.24, 2.45) is 0 Å². The minimum atomic E-state index is -0.0806. The molecule has 0 aliphatic carbocycles. The maximum absolute atomic E-state index is 6.29. The van der Waals surface area contributed by atoms with Crippen LogP contribution in [-0.4, -0.2) is 64.4 Å². The largest absolute Gasteiger partial charge is 0.369 e. The van der Waals surface area contributed by atoms with E-state index in [1.807, 2.05) is 38.2 Å². The molecule has 6 heteroatoms. The van der Waals surface area contributed by atoms with Crippen molar-refractivity contribution in [1.82, 2.24) is 0 Å². The zero-order valence-electron chi connectivity index (χ0n) is 16.5. The Morgan fingerprint density at radius 1 is 0.769 bits per heavy atom. The molecule has 0 amide bonds. The van der Waals surface area contributed by atoms with E-state index in [9.17, 15) is 0 Å². The first-order chi connectivity index (χ1) is 12.7. The second-order valence-electron chi connectivity index (χ2n) is 6.71. The van der Waals surface area contributed by atoms with Crippen LogP contribution in [0.1, 0.15) is 39.5 Å². The number of allylic oxidation sites excluding steroid dienone is 2. The van der Waals surface area contributed by atoms with Gasteiger partial charge in [0.2, 0.25) is 0 Å². The molecule has 2 fully saturated rings. The summed E-state index contributed by atoms with van der Waals surface area (Å²) in [6.07, 6.45) is 12.1. The van der Waals surface area contributed by atoms with Crippen LogP contribution in [0.5, 0.6) is 0 Å². The Balaban J connectivity index is 1.86. The predicted octanol–water partition coefficient (Wildman–Crippen LogP) is 3.21. The average molecular weight is 370 g/mol. The van der Waals surface area contributed by atoms with Crippen molar-refractivity contribution in [3.63, 3.8) is 0 Å². The third kappa shape index (κ3) is 6.15. The summed E-state index contributed by atoms with van der Waals surface area (Å²) in [6, 6.07) is 0. The summed E-state index contributed by atoms with van der Waals surface area (Å²) in [4.78, 5) is 0. The average Bonchev–Trinajstić information content (AvgIpc) is 3.31. The van der Waals surface area contributed by atoms with Gasteiger partial charge in [0.25, 0.3) is 0 Å². The standard InChI is InChI=1S/C20H34O6/c1-5-7-15(23-13-21-3)17-9-11-19(25-17)20-12-10-18(26-20)16(8-6-2)24-14-22-4/h5-8,15-20H,9-14H2,1-4H3/b7-5+,8-6+/t15-,16-,17+,18+,19+,20+/m0/s1. The van der Waals surface area contributed by atoms with Crippen LogP contribution in [-0.2, 0) is 28.4 Å². The van der Waals surface area contributed by atoms with Gasteiger partial charge in [0, 0.05) is 14.2 Å². The van der Waals surface area contributed by atoms with Crippen LogP contribution in [0, 0.1) is 0 Å². The fourth-order valence-electron chi connectivity index (χ4n) is 3.65. The molecule has 0 N–H and O–H groups in total. The molecule has 0 aromatic carbocycles. The van der Waals surface area contributed by atoms with Crippen LogP contribution in [0.4, 0.5) is 0 Å². The van der Waals surface area contributed by atoms with Crippen LogP contribution < -0.4 is 0 Å². The van der Waals surface area contributed by atoms with E-state index in [0.29, 0.717) is 0 Å². The number of hydrogen-bond donors (Lipinski definition) is 0. The van der Waals surface area contributed by atoms with Gasteiger partial charge in [-0.1, -0.05) is 24.3 Å². The second kappa shape index (κ2) is 11.8. The van der Waals surface area contributed by atoms with Gasteiger partial charge < -0.3 is 28.4 Å². The summed E-state index contributed by atoms with van der Waals surface area (Å²) in [5.41, 5.74) is 0. The number of ether oxygens (including phenoxy) is 6. The van der Waals surface area contributed by atoms with Crippen LogP contribution >= 0.6 is 0 Å². The molecule has 0 unspecified atom stereocenters. The first kappa shape index (κ1) is 21.5. The van der Waals surface area contributed by atoms with Gasteiger partial charge in [-0.2, -0.15) is 0 Å². The van der Waals surface area contributed by atoms with Crippen molar-refractivity contribution < 1.29 is 28.4 Å². The van der Waals surface area contributed by atoms with E-state index in [0.717, 1.165) is 25.7 Å². The van der Waals surface area contributed by atoms with Crippen LogP contribution in [0.2, 0.25) is 0 Å². The highest BCUT2D eigenvalue weighted by Gasteiger charge is 2.41. The smallest absolute Gasteiger partial charge is 0.147 e. The molecule has 0 aromatic heterocycles. The molecule has 26 heavy (non-hydrogen) atoms. The third-order valence-corrected chi connectivity index (χ3v) is 4.84. The van der Waals surface area contributed by atoms with Crippen LogP contribution in [0.15, 0.2) is 24.3 Å². The molecule has 2 heterocycles. The first-order valence-corrected chi connectivity index (χ1v) is 9.51. The summed E-state index contributed by atoms with van der Waals surface area (Å²) in [6.45, 7) is 4.51. The van der Waals surface area contributed by atoms with E-state index >= 15 is 0 Å². The Morgan fingerprint density at radius 3 is 1.54 bits per heavy atom. The molecule has 6 atom stereocenters. The van der Waals surface area contributed by atoms with Gasteiger partial charge in [0.1, 0.15) is 25.8 Å². The Morgan fingerprint density at radius 2 is 1.19 bits per heavy atom. The molecule has 2 rings (SSSR count). The van der Waals surface area contributed by atoms with Crippen molar-refractivity contribution in [1.29, 1.82) is 0 Å². The Kier molecular flexibility index (Phi) is 9.82. The van der Waals surface area contributed by atoms with Crippen LogP contribution in [0.25, 0.3) is 0 Å². The zero-order chi connectivity index (χ0) is 18.8. The summed E-state index contributed by atoms with van der Waals surface area (Å²) in [5, 5.41) is 0. The lowest BCUT2D eigenvalue weighted by Crippen LogP contribution is -2.34. The van der Waals surface area contributed by atoms with Crippen molar-refractivity contribution >= 4 is 0 Å². The van der Waals surface area contributed by atoms with Gasteiger partial charge in [-0.3, -0.25) is 0 Å². The molecular formula is C20H34O6. The van der Waals surface area contributed by atoms with Gasteiger partial charge in [0.05, 0.1) is 24.4 Å². The normalized spacial score (nSPS) is 32.0. The SMILES string of the molecule is C/C=C/[C@H](OCOC)[C@H]1CC[C@H]([C@H]2CC[C@H]([C@H](/C=C/C)OCOC)O2)O1. The quantitative estimate of drug-likeness (QED) is 0.411. The fraction of sp³-hybridized carbons (Fsp3) is 0.800. The topological polar surface area (TPSA) is 55.4 Å². The molecule has 0 radical (unpaired) electrons. The van der Waals surface area contributed by atoms with E-state index in [4.69, 9.17) is 28.4 Å². The molecule has 2 saturated heterocycles. The van der Waals surface area contributed by atoms with E-state index in [-0.39, 0.29) is 50.2 Å². The molecule has 150 valence electrons. The highest BCUT2D eigenvalue weighted by Crippen LogP contribution is 2.34. The lowest BCUT2D eigenvalue weighted by molar-refractivity contribution is -0.141. The second-order valence-corrected chi connectivity index (χ2v) is 6.71. The molecule has 0 bridgehead atoms. The zero-order valence-corrected chi connectivity index (χ0v) is 16.5. The van der Waals surface area contributed by atoms with Crippen molar-refractivity contribution in [2.45, 2.75) is 76.2 Å². The van der Waals surface area contributed by atoms with Gasteiger partial charge in [-0.05, 0) is 39.5 Å². The van der Waals surface area contributed by atoms with E-state index in [1.54, 1.807) is 14.2 Å². The molecule has 0 aromatic rings. The summed E-state index contributed by atoms with van der Waals surface area (Å²) in [7, 11) is 3.26. The highest BCUT2D eigenvalue weighted by atomic mass is 16.7. The maximum Gasteiger partial charge on any atom is 0.147 e. The van der Waals surface area contributed by atoms with Crippen molar-refractivity contribution in [3.05, 3.63) is 24.3 Å². The first-order valence-electron chi connectivity index (χ1n) is 9.51. The van der Waals surface area contributed by atoms with Gasteiger partial charge in [-0.25, -0.2) is 0 Å².